The predicted molar refractivity (Wildman–Crippen MR) is 101 cm³/mol. The number of urea groups is 1. The van der Waals surface area contributed by atoms with Gasteiger partial charge in [-0.1, -0.05) is 30.3 Å². The molecule has 1 aliphatic rings. The molecular weight excluding hydrogens is 326 g/mol. The number of fused-ring (bicyclic) bond motifs is 1. The van der Waals surface area contributed by atoms with E-state index in [2.05, 4.69) is 35.7 Å². The molecule has 2 amide bonds. The maximum Gasteiger partial charge on any atom is 0.317 e. The number of nitrogens with one attached hydrogen (secondary N) is 1. The molecule has 26 heavy (non-hydrogen) atoms. The van der Waals surface area contributed by atoms with E-state index >= 15 is 0 Å². The fourth-order valence-electron chi connectivity index (χ4n) is 3.03. The Kier molecular flexibility index (Phi) is 5.43. The highest BCUT2D eigenvalue weighted by Crippen LogP contribution is 2.30. The van der Waals surface area contributed by atoms with Gasteiger partial charge in [-0.3, -0.25) is 0 Å². The van der Waals surface area contributed by atoms with Crippen molar-refractivity contribution in [2.75, 3.05) is 20.2 Å². The van der Waals surface area contributed by atoms with E-state index < -0.39 is 0 Å². The maximum absolute atomic E-state index is 12.1. The van der Waals surface area contributed by atoms with Crippen molar-refractivity contribution in [2.45, 2.75) is 19.9 Å². The molecular formula is C21H23N3O2. The molecule has 3 rings (SSSR count). The summed E-state index contributed by atoms with van der Waals surface area (Å²) in [6, 6.07) is 16.4. The average molecular weight is 349 g/mol. The second kappa shape index (κ2) is 7.92. The van der Waals surface area contributed by atoms with Crippen molar-refractivity contribution in [3.8, 4) is 22.9 Å². The van der Waals surface area contributed by atoms with E-state index in [1.54, 1.807) is 14.0 Å². The molecule has 134 valence electrons. The zero-order valence-corrected chi connectivity index (χ0v) is 15.2. The topological polar surface area (TPSA) is 65.4 Å². The second-order valence-electron chi connectivity index (χ2n) is 6.69. The van der Waals surface area contributed by atoms with Gasteiger partial charge >= 0.3 is 6.03 Å². The highest BCUT2D eigenvalue weighted by Gasteiger charge is 2.13. The largest absolute Gasteiger partial charge is 0.493 e. The first-order valence-corrected chi connectivity index (χ1v) is 8.80. The summed E-state index contributed by atoms with van der Waals surface area (Å²) in [6.07, 6.45) is 0.964. The van der Waals surface area contributed by atoms with Crippen LogP contribution in [0.5, 0.6) is 5.75 Å². The van der Waals surface area contributed by atoms with Crippen LogP contribution in [-0.2, 0) is 13.0 Å². The smallest absolute Gasteiger partial charge is 0.317 e. The summed E-state index contributed by atoms with van der Waals surface area (Å²) in [7, 11) is 1.70. The van der Waals surface area contributed by atoms with Crippen LogP contribution in [-0.4, -0.2) is 31.1 Å². The zero-order chi connectivity index (χ0) is 18.5. The van der Waals surface area contributed by atoms with Gasteiger partial charge < -0.3 is 15.0 Å². The van der Waals surface area contributed by atoms with E-state index in [4.69, 9.17) is 10.00 Å². The summed E-state index contributed by atoms with van der Waals surface area (Å²) in [6.45, 7) is 3.44. The Bertz CT molecular complexity index is 824. The Morgan fingerprint density at radius 1 is 1.27 bits per heavy atom. The molecule has 0 aromatic heterocycles. The summed E-state index contributed by atoms with van der Waals surface area (Å²) in [5, 5.41) is 11.7. The number of amides is 2. The summed E-state index contributed by atoms with van der Waals surface area (Å²) in [5.41, 5.74) is 4.62. The van der Waals surface area contributed by atoms with Crippen molar-refractivity contribution < 1.29 is 9.53 Å². The Hall–Kier alpha value is -3.00. The van der Waals surface area contributed by atoms with Crippen molar-refractivity contribution >= 4 is 6.03 Å². The molecule has 0 unspecified atom stereocenters. The molecule has 5 nitrogen and oxygen atoms in total. The van der Waals surface area contributed by atoms with E-state index in [0.717, 1.165) is 29.9 Å². The summed E-state index contributed by atoms with van der Waals surface area (Å²) < 4.78 is 5.55. The predicted octanol–water partition coefficient (Wildman–Crippen LogP) is 3.59. The molecule has 0 saturated carbocycles. The molecule has 5 heteroatoms. The number of nitriles is 1. The van der Waals surface area contributed by atoms with E-state index in [9.17, 15) is 4.79 Å². The quantitative estimate of drug-likeness (QED) is 0.897. The number of rotatable bonds is 5. The molecule has 0 spiro atoms. The number of hydrogen-bond donors (Lipinski definition) is 1. The van der Waals surface area contributed by atoms with Crippen LogP contribution < -0.4 is 10.1 Å². The van der Waals surface area contributed by atoms with Crippen molar-refractivity contribution in [1.82, 2.24) is 10.2 Å². The summed E-state index contributed by atoms with van der Waals surface area (Å²) >= 11 is 0. The third-order valence-electron chi connectivity index (χ3n) is 4.54. The highest BCUT2D eigenvalue weighted by atomic mass is 16.5. The van der Waals surface area contributed by atoms with Crippen LogP contribution in [0.3, 0.4) is 0 Å². The Balaban J connectivity index is 1.58. The van der Waals surface area contributed by atoms with Crippen LogP contribution in [0, 0.1) is 17.2 Å². The Morgan fingerprint density at radius 3 is 2.73 bits per heavy atom. The molecule has 1 heterocycles. The summed E-state index contributed by atoms with van der Waals surface area (Å²) in [5.74, 6) is 0.811. The molecule has 2 aromatic rings. The first-order valence-electron chi connectivity index (χ1n) is 8.80. The first kappa shape index (κ1) is 17.8. The number of carbonyl (C=O) groups is 1. The van der Waals surface area contributed by atoms with Gasteiger partial charge in [0.1, 0.15) is 5.75 Å². The molecule has 0 bridgehead atoms. The molecule has 0 aliphatic carbocycles. The minimum atomic E-state index is -0.178. The normalized spacial score (nSPS) is 13.3. The van der Waals surface area contributed by atoms with Crippen LogP contribution in [0.2, 0.25) is 0 Å². The van der Waals surface area contributed by atoms with Gasteiger partial charge in [-0.25, -0.2) is 4.79 Å². The number of ether oxygens (including phenoxy) is 1. The fourth-order valence-corrected chi connectivity index (χ4v) is 3.03. The van der Waals surface area contributed by atoms with E-state index in [1.165, 1.54) is 16.0 Å². The molecule has 0 saturated heterocycles. The summed E-state index contributed by atoms with van der Waals surface area (Å²) in [4.78, 5) is 13.6. The zero-order valence-electron chi connectivity index (χ0n) is 15.2. The number of benzene rings is 2. The van der Waals surface area contributed by atoms with Crippen molar-refractivity contribution in [1.29, 1.82) is 5.26 Å². The molecule has 0 fully saturated rings. The Labute approximate surface area is 154 Å². The van der Waals surface area contributed by atoms with Gasteiger partial charge in [0.15, 0.2) is 0 Å². The van der Waals surface area contributed by atoms with Crippen LogP contribution in [0.4, 0.5) is 4.79 Å². The van der Waals surface area contributed by atoms with Crippen molar-refractivity contribution in [3.63, 3.8) is 0 Å². The van der Waals surface area contributed by atoms with E-state index in [-0.39, 0.29) is 11.9 Å². The minimum Gasteiger partial charge on any atom is -0.493 e. The average Bonchev–Trinajstić information content (AvgIpc) is 3.14. The Morgan fingerprint density at radius 2 is 2.00 bits per heavy atom. The monoisotopic (exact) mass is 349 g/mol. The molecule has 2 aromatic carbocycles. The minimum absolute atomic E-state index is 0.171. The lowest BCUT2D eigenvalue weighted by atomic mass is 10.0. The van der Waals surface area contributed by atoms with Crippen LogP contribution in [0.1, 0.15) is 18.1 Å². The lowest BCUT2D eigenvalue weighted by Crippen LogP contribution is -2.38. The van der Waals surface area contributed by atoms with Gasteiger partial charge in [0.05, 0.1) is 18.6 Å². The standard InChI is InChI=1S/C21H23N3O2/c1-15(12-22)14-24(2)21(25)23-13-16-3-5-17(6-4-16)18-7-8-20-19(11-18)9-10-26-20/h3-8,11,15H,9-10,13-14H2,1-2H3,(H,23,25)/t15-/m0/s1. The van der Waals surface area contributed by atoms with E-state index in [0.29, 0.717) is 13.1 Å². The number of carbonyl (C=O) groups excluding carboxylic acids is 1. The number of hydrogen-bond acceptors (Lipinski definition) is 3. The first-order chi connectivity index (χ1) is 12.6. The van der Waals surface area contributed by atoms with Gasteiger partial charge in [0.2, 0.25) is 0 Å². The van der Waals surface area contributed by atoms with Crippen molar-refractivity contribution in [3.05, 3.63) is 53.6 Å². The van der Waals surface area contributed by atoms with Gasteiger partial charge in [-0.05, 0) is 41.3 Å². The van der Waals surface area contributed by atoms with Gasteiger partial charge in [0.25, 0.3) is 0 Å². The highest BCUT2D eigenvalue weighted by molar-refractivity contribution is 5.74. The fraction of sp³-hybridized carbons (Fsp3) is 0.333. The van der Waals surface area contributed by atoms with Crippen molar-refractivity contribution in [2.24, 2.45) is 5.92 Å². The van der Waals surface area contributed by atoms with Crippen LogP contribution in [0.15, 0.2) is 42.5 Å². The van der Waals surface area contributed by atoms with Crippen LogP contribution in [0.25, 0.3) is 11.1 Å². The molecule has 1 atom stereocenters. The second-order valence-corrected chi connectivity index (χ2v) is 6.69. The third kappa shape index (κ3) is 4.15. The van der Waals surface area contributed by atoms with E-state index in [1.807, 2.05) is 18.2 Å². The maximum atomic E-state index is 12.1. The lowest BCUT2D eigenvalue weighted by molar-refractivity contribution is 0.205. The molecule has 0 radical (unpaired) electrons. The molecule has 1 aliphatic heterocycles. The van der Waals surface area contributed by atoms with Gasteiger partial charge in [-0.2, -0.15) is 5.26 Å². The van der Waals surface area contributed by atoms with Gasteiger partial charge in [0, 0.05) is 26.6 Å². The van der Waals surface area contributed by atoms with Crippen LogP contribution >= 0.6 is 0 Å². The number of nitrogens with zero attached hydrogens (tertiary/aromatic N) is 2. The van der Waals surface area contributed by atoms with Gasteiger partial charge in [-0.15, -0.1) is 0 Å². The lowest BCUT2D eigenvalue weighted by Gasteiger charge is -2.19. The SMILES string of the molecule is C[C@@H](C#N)CN(C)C(=O)NCc1ccc(-c2ccc3c(c2)CCO3)cc1. The molecule has 1 N–H and O–H groups in total. The third-order valence-corrected chi connectivity index (χ3v) is 4.54.